The average molecular weight is 432 g/mol. The second-order valence-electron chi connectivity index (χ2n) is 6.90. The van der Waals surface area contributed by atoms with Crippen molar-refractivity contribution in [2.75, 3.05) is 25.1 Å². The van der Waals surface area contributed by atoms with Gasteiger partial charge in [0.15, 0.2) is 0 Å². The van der Waals surface area contributed by atoms with E-state index in [2.05, 4.69) is 9.62 Å². The number of hydroxylamine groups is 1. The zero-order valence-corrected chi connectivity index (χ0v) is 17.4. The number of sulfonamides is 1. The van der Waals surface area contributed by atoms with E-state index in [0.29, 0.717) is 31.7 Å². The first kappa shape index (κ1) is 21.8. The maximum absolute atomic E-state index is 12.8. The van der Waals surface area contributed by atoms with Crippen LogP contribution in [0, 0.1) is 0 Å². The molecule has 2 aromatic carbocycles. The first-order valence-corrected chi connectivity index (χ1v) is 11.0. The van der Waals surface area contributed by atoms with Gasteiger partial charge in [0.1, 0.15) is 10.6 Å². The molecule has 0 spiro atoms. The van der Waals surface area contributed by atoms with E-state index in [-0.39, 0.29) is 10.9 Å². The lowest BCUT2D eigenvalue weighted by molar-refractivity contribution is -0.124. The number of anilines is 1. The number of nitrogens with zero attached hydrogens (tertiary/aromatic N) is 1. The Morgan fingerprint density at radius 1 is 1.13 bits per heavy atom. The van der Waals surface area contributed by atoms with Crippen LogP contribution in [0.1, 0.15) is 18.4 Å². The molecular formula is C21H25N3O5S. The number of rotatable bonds is 7. The van der Waals surface area contributed by atoms with Gasteiger partial charge in [0.2, 0.25) is 10.0 Å². The first-order chi connectivity index (χ1) is 14.4. The number of amides is 1. The molecule has 8 nitrogen and oxygen atoms in total. The molecule has 2 aromatic rings. The van der Waals surface area contributed by atoms with E-state index in [9.17, 15) is 13.2 Å². The number of methoxy groups -OCH3 is 1. The number of benzene rings is 2. The summed E-state index contributed by atoms with van der Waals surface area (Å²) >= 11 is 0. The molecule has 9 heteroatoms. The minimum atomic E-state index is -3.69. The van der Waals surface area contributed by atoms with Crippen molar-refractivity contribution in [3.8, 4) is 5.75 Å². The van der Waals surface area contributed by atoms with E-state index in [0.717, 1.165) is 11.3 Å². The topological polar surface area (TPSA) is 108 Å². The zero-order valence-electron chi connectivity index (χ0n) is 16.6. The maximum Gasteiger partial charge on any atom is 0.267 e. The molecule has 1 heterocycles. The molecule has 30 heavy (non-hydrogen) atoms. The Morgan fingerprint density at radius 3 is 2.50 bits per heavy atom. The van der Waals surface area contributed by atoms with Gasteiger partial charge in [-0.3, -0.25) is 10.0 Å². The van der Waals surface area contributed by atoms with Crippen molar-refractivity contribution in [1.29, 1.82) is 0 Å². The van der Waals surface area contributed by atoms with Crippen molar-refractivity contribution in [3.05, 3.63) is 60.2 Å². The molecule has 0 atom stereocenters. The second kappa shape index (κ2) is 9.75. The van der Waals surface area contributed by atoms with Crippen LogP contribution < -0.4 is 19.8 Å². The van der Waals surface area contributed by atoms with Gasteiger partial charge in [-0.05, 0) is 42.7 Å². The number of hydrogen-bond donors (Lipinski definition) is 3. The fraction of sp³-hybridized carbons (Fsp3) is 0.286. The van der Waals surface area contributed by atoms with E-state index < -0.39 is 15.9 Å². The van der Waals surface area contributed by atoms with E-state index in [1.54, 1.807) is 29.8 Å². The molecule has 3 rings (SSSR count). The smallest absolute Gasteiger partial charge is 0.267 e. The molecule has 160 valence electrons. The summed E-state index contributed by atoms with van der Waals surface area (Å²) in [5.74, 6) is -0.288. The van der Waals surface area contributed by atoms with Crippen LogP contribution in [0.3, 0.4) is 0 Å². The van der Waals surface area contributed by atoms with Crippen LogP contribution in [0.15, 0.2) is 59.5 Å². The number of ether oxygens (including phenoxy) is 1. The third-order valence-corrected chi connectivity index (χ3v) is 6.54. The van der Waals surface area contributed by atoms with Crippen molar-refractivity contribution in [2.45, 2.75) is 23.8 Å². The van der Waals surface area contributed by atoms with Crippen molar-refractivity contribution in [3.63, 3.8) is 0 Å². The summed E-state index contributed by atoms with van der Waals surface area (Å²) in [6.07, 6.45) is 4.18. The summed E-state index contributed by atoms with van der Waals surface area (Å²) in [5.41, 5.74) is 3.36. The monoisotopic (exact) mass is 431 g/mol. The summed E-state index contributed by atoms with van der Waals surface area (Å²) in [4.78, 5) is 13.6. The Balaban J connectivity index is 1.67. The first-order valence-electron chi connectivity index (χ1n) is 9.56. The Bertz CT molecular complexity index is 1010. The molecule has 1 saturated heterocycles. The second-order valence-corrected chi connectivity index (χ2v) is 8.58. The number of para-hydroxylation sites is 2. The minimum absolute atomic E-state index is 0.132. The minimum Gasteiger partial charge on any atom is -0.495 e. The van der Waals surface area contributed by atoms with Crippen LogP contribution in [0.2, 0.25) is 0 Å². The van der Waals surface area contributed by atoms with Gasteiger partial charge >= 0.3 is 0 Å². The van der Waals surface area contributed by atoms with Gasteiger partial charge in [-0.2, -0.15) is 0 Å². The van der Waals surface area contributed by atoms with Gasteiger partial charge < -0.3 is 9.64 Å². The molecule has 0 unspecified atom stereocenters. The van der Waals surface area contributed by atoms with Gasteiger partial charge in [-0.1, -0.05) is 30.3 Å². The SMILES string of the molecule is COc1ccccc1S(=O)(=O)NC1CCN(c2ccccc2/C=C/C(=O)NO)CC1. The van der Waals surface area contributed by atoms with Gasteiger partial charge in [0, 0.05) is 30.9 Å². The van der Waals surface area contributed by atoms with Crippen LogP contribution in [0.25, 0.3) is 6.08 Å². The lowest BCUT2D eigenvalue weighted by atomic mass is 10.0. The van der Waals surface area contributed by atoms with Crippen molar-refractivity contribution in [2.24, 2.45) is 0 Å². The highest BCUT2D eigenvalue weighted by molar-refractivity contribution is 7.89. The normalized spacial score (nSPS) is 15.3. The molecule has 0 aliphatic carbocycles. The van der Waals surface area contributed by atoms with Gasteiger partial charge in [-0.15, -0.1) is 0 Å². The molecule has 0 saturated carbocycles. The predicted molar refractivity (Wildman–Crippen MR) is 114 cm³/mol. The lowest BCUT2D eigenvalue weighted by Crippen LogP contribution is -2.44. The molecule has 0 aromatic heterocycles. The summed E-state index contributed by atoms with van der Waals surface area (Å²) in [5, 5.41) is 8.64. The predicted octanol–water partition coefficient (Wildman–Crippen LogP) is 2.16. The maximum atomic E-state index is 12.8. The standard InChI is InChI=1S/C21H25N3O5S/c1-29-19-8-4-5-9-20(19)30(27,28)23-17-12-14-24(15-13-17)18-7-3-2-6-16(18)10-11-21(25)22-26/h2-11,17,23,26H,12-15H2,1H3,(H,22,25)/b11-10+. The van der Waals surface area contributed by atoms with E-state index in [1.165, 1.54) is 19.3 Å². The number of carbonyl (C=O) groups is 1. The Labute approximate surface area is 176 Å². The fourth-order valence-corrected chi connectivity index (χ4v) is 4.96. The van der Waals surface area contributed by atoms with Crippen LogP contribution in [0.5, 0.6) is 5.75 Å². The molecule has 1 aliphatic rings. The highest BCUT2D eigenvalue weighted by atomic mass is 32.2. The van der Waals surface area contributed by atoms with Crippen molar-refractivity contribution < 1.29 is 23.2 Å². The van der Waals surface area contributed by atoms with Crippen LogP contribution in [-0.2, 0) is 14.8 Å². The average Bonchev–Trinajstić information content (AvgIpc) is 2.78. The van der Waals surface area contributed by atoms with E-state index >= 15 is 0 Å². The molecule has 1 fully saturated rings. The molecular weight excluding hydrogens is 406 g/mol. The van der Waals surface area contributed by atoms with Gasteiger partial charge in [-0.25, -0.2) is 18.6 Å². The third kappa shape index (κ3) is 5.18. The molecule has 0 radical (unpaired) electrons. The highest BCUT2D eigenvalue weighted by Gasteiger charge is 2.27. The molecule has 1 aliphatic heterocycles. The zero-order chi connectivity index (χ0) is 21.6. The summed E-state index contributed by atoms with van der Waals surface area (Å²) in [6.45, 7) is 1.33. The quantitative estimate of drug-likeness (QED) is 0.352. The number of hydrogen-bond acceptors (Lipinski definition) is 6. The van der Waals surface area contributed by atoms with Crippen molar-refractivity contribution in [1.82, 2.24) is 10.2 Å². The molecule has 1 amide bonds. The van der Waals surface area contributed by atoms with Gasteiger partial charge in [0.05, 0.1) is 7.11 Å². The number of piperidine rings is 1. The largest absolute Gasteiger partial charge is 0.495 e. The van der Waals surface area contributed by atoms with E-state index in [1.807, 2.05) is 24.3 Å². The summed E-state index contributed by atoms with van der Waals surface area (Å²) < 4.78 is 33.6. The van der Waals surface area contributed by atoms with Crippen LogP contribution in [0.4, 0.5) is 5.69 Å². The lowest BCUT2D eigenvalue weighted by Gasteiger charge is -2.34. The number of nitrogens with one attached hydrogen (secondary N) is 2. The Hall–Kier alpha value is -2.88. The van der Waals surface area contributed by atoms with Crippen LogP contribution >= 0.6 is 0 Å². The van der Waals surface area contributed by atoms with Crippen LogP contribution in [-0.4, -0.2) is 45.8 Å². The highest BCUT2D eigenvalue weighted by Crippen LogP contribution is 2.27. The third-order valence-electron chi connectivity index (χ3n) is 4.98. The fourth-order valence-electron chi connectivity index (χ4n) is 3.48. The van der Waals surface area contributed by atoms with E-state index in [4.69, 9.17) is 9.94 Å². The van der Waals surface area contributed by atoms with Crippen molar-refractivity contribution >= 4 is 27.7 Å². The molecule has 3 N–H and O–H groups in total. The number of carbonyl (C=O) groups excluding carboxylic acids is 1. The summed E-state index contributed by atoms with van der Waals surface area (Å²) in [7, 11) is -2.24. The molecule has 0 bridgehead atoms. The Morgan fingerprint density at radius 2 is 1.80 bits per heavy atom. The Kier molecular flexibility index (Phi) is 7.09. The summed E-state index contributed by atoms with van der Waals surface area (Å²) in [6, 6.07) is 14.0. The van der Waals surface area contributed by atoms with Gasteiger partial charge in [0.25, 0.3) is 5.91 Å².